The predicted molar refractivity (Wildman–Crippen MR) is 58.1 cm³/mol. The largest absolute Gasteiger partial charge is 0.354 e. The highest BCUT2D eigenvalue weighted by Gasteiger charge is 2.31. The Balaban J connectivity index is 2.03. The third kappa shape index (κ3) is 3.66. The van der Waals surface area contributed by atoms with Gasteiger partial charge in [-0.2, -0.15) is 0 Å². The van der Waals surface area contributed by atoms with Crippen molar-refractivity contribution < 1.29 is 4.79 Å². The molecule has 1 aliphatic carbocycles. The van der Waals surface area contributed by atoms with Gasteiger partial charge in [-0.3, -0.25) is 4.79 Å². The zero-order chi connectivity index (χ0) is 10.4. The van der Waals surface area contributed by atoms with E-state index in [1.807, 2.05) is 0 Å². The number of carbonyl (C=O) groups excluding carboxylic acids is 1. The van der Waals surface area contributed by atoms with Crippen molar-refractivity contribution in [2.45, 2.75) is 39.5 Å². The summed E-state index contributed by atoms with van der Waals surface area (Å²) in [5.41, 5.74) is 0.389. The van der Waals surface area contributed by atoms with Crippen LogP contribution in [0.5, 0.6) is 0 Å². The van der Waals surface area contributed by atoms with E-state index >= 15 is 0 Å². The molecule has 0 saturated heterocycles. The molecule has 1 rings (SSSR count). The van der Waals surface area contributed by atoms with Gasteiger partial charge in [0.2, 0.25) is 5.91 Å². The molecule has 0 aromatic heterocycles. The highest BCUT2D eigenvalue weighted by atomic mass is 16.1. The minimum absolute atomic E-state index is 0.131. The van der Waals surface area contributed by atoms with Crippen molar-refractivity contribution in [1.82, 2.24) is 10.6 Å². The minimum Gasteiger partial charge on any atom is -0.354 e. The molecule has 1 fully saturated rings. The van der Waals surface area contributed by atoms with Gasteiger partial charge in [0.15, 0.2) is 0 Å². The molecule has 2 N–H and O–H groups in total. The van der Waals surface area contributed by atoms with Crippen LogP contribution in [0.2, 0.25) is 0 Å². The number of hydrogen-bond donors (Lipinski definition) is 2. The molecule has 3 heteroatoms. The van der Waals surface area contributed by atoms with Gasteiger partial charge in [-0.1, -0.05) is 20.3 Å². The summed E-state index contributed by atoms with van der Waals surface area (Å²) in [7, 11) is 0. The van der Waals surface area contributed by atoms with Crippen molar-refractivity contribution in [1.29, 1.82) is 0 Å². The fourth-order valence-electron chi connectivity index (χ4n) is 1.71. The smallest absolute Gasteiger partial charge is 0.233 e. The van der Waals surface area contributed by atoms with Gasteiger partial charge >= 0.3 is 0 Å². The average Bonchev–Trinajstić information content (AvgIpc) is 2.12. The van der Waals surface area contributed by atoms with Gasteiger partial charge in [0.25, 0.3) is 0 Å². The molecule has 0 spiro atoms. The monoisotopic (exact) mass is 198 g/mol. The maximum Gasteiger partial charge on any atom is 0.233 e. The highest BCUT2D eigenvalue weighted by molar-refractivity contribution is 5.78. The first kappa shape index (κ1) is 11.5. The fourth-order valence-corrected chi connectivity index (χ4v) is 1.71. The van der Waals surface area contributed by atoms with Crippen LogP contribution in [0.1, 0.15) is 39.5 Å². The normalized spacial score (nSPS) is 18.7. The first-order valence-electron chi connectivity index (χ1n) is 5.64. The predicted octanol–water partition coefficient (Wildman–Crippen LogP) is 1.29. The molecule has 1 aliphatic rings. The molecule has 3 nitrogen and oxygen atoms in total. The lowest BCUT2D eigenvalue weighted by molar-refractivity contribution is -0.121. The summed E-state index contributed by atoms with van der Waals surface area (Å²) in [6, 6.07) is 0. The topological polar surface area (TPSA) is 41.1 Å². The fraction of sp³-hybridized carbons (Fsp3) is 0.909. The molecule has 0 atom stereocenters. The maximum atomic E-state index is 11.3. The molecular weight excluding hydrogens is 176 g/mol. The molecule has 0 aromatic rings. The highest BCUT2D eigenvalue weighted by Crippen LogP contribution is 2.39. The quantitative estimate of drug-likeness (QED) is 0.631. The average molecular weight is 198 g/mol. The second kappa shape index (κ2) is 5.35. The van der Waals surface area contributed by atoms with E-state index < -0.39 is 0 Å². The number of nitrogens with one attached hydrogen (secondary N) is 2. The Morgan fingerprint density at radius 3 is 2.64 bits per heavy atom. The molecule has 14 heavy (non-hydrogen) atoms. The molecule has 82 valence electrons. The standard InChI is InChI=1S/C11H22N2O/c1-3-7-12-8-10(14)13-9-11(2)5-4-6-11/h12H,3-9H2,1-2H3,(H,13,14). The van der Waals surface area contributed by atoms with Crippen LogP contribution in [0, 0.1) is 5.41 Å². The maximum absolute atomic E-state index is 11.3. The molecule has 0 bridgehead atoms. The van der Waals surface area contributed by atoms with Crippen molar-refractivity contribution in [3.63, 3.8) is 0 Å². The summed E-state index contributed by atoms with van der Waals surface area (Å²) in [6.07, 6.45) is 4.91. The van der Waals surface area contributed by atoms with E-state index in [2.05, 4.69) is 24.5 Å². The summed E-state index contributed by atoms with van der Waals surface area (Å²) in [5.74, 6) is 0.131. The van der Waals surface area contributed by atoms with E-state index in [0.29, 0.717) is 12.0 Å². The van der Waals surface area contributed by atoms with E-state index in [9.17, 15) is 4.79 Å². The molecule has 0 radical (unpaired) electrons. The van der Waals surface area contributed by atoms with E-state index in [4.69, 9.17) is 0 Å². The van der Waals surface area contributed by atoms with Crippen LogP contribution < -0.4 is 10.6 Å². The lowest BCUT2D eigenvalue weighted by Crippen LogP contribution is -2.43. The van der Waals surface area contributed by atoms with Crippen molar-refractivity contribution in [2.24, 2.45) is 5.41 Å². The van der Waals surface area contributed by atoms with Crippen molar-refractivity contribution in [3.05, 3.63) is 0 Å². The lowest BCUT2D eigenvalue weighted by Gasteiger charge is -2.38. The Morgan fingerprint density at radius 1 is 1.43 bits per heavy atom. The molecule has 1 saturated carbocycles. The molecule has 0 aliphatic heterocycles. The Kier molecular flexibility index (Phi) is 4.39. The van der Waals surface area contributed by atoms with Crippen molar-refractivity contribution >= 4 is 5.91 Å². The van der Waals surface area contributed by atoms with Gasteiger partial charge < -0.3 is 10.6 Å². The Labute approximate surface area is 86.6 Å². The van der Waals surface area contributed by atoms with Gasteiger partial charge in [0.05, 0.1) is 6.54 Å². The van der Waals surface area contributed by atoms with E-state index in [1.165, 1.54) is 19.3 Å². The summed E-state index contributed by atoms with van der Waals surface area (Å²) in [5, 5.41) is 6.08. The van der Waals surface area contributed by atoms with Crippen LogP contribution in [0.3, 0.4) is 0 Å². The third-order valence-electron chi connectivity index (χ3n) is 2.99. The SMILES string of the molecule is CCCNCC(=O)NCC1(C)CCC1. The number of hydrogen-bond acceptors (Lipinski definition) is 2. The number of amides is 1. The molecule has 0 aromatic carbocycles. The van der Waals surface area contributed by atoms with Crippen LogP contribution in [0.25, 0.3) is 0 Å². The van der Waals surface area contributed by atoms with Crippen LogP contribution in [0.15, 0.2) is 0 Å². The van der Waals surface area contributed by atoms with Gasteiger partial charge in [-0.05, 0) is 31.2 Å². The summed E-state index contributed by atoms with van der Waals surface area (Å²) in [4.78, 5) is 11.3. The summed E-state index contributed by atoms with van der Waals surface area (Å²) in [6.45, 7) is 6.57. The van der Waals surface area contributed by atoms with Crippen LogP contribution in [0.4, 0.5) is 0 Å². The summed E-state index contributed by atoms with van der Waals surface area (Å²) >= 11 is 0. The van der Waals surface area contributed by atoms with Crippen LogP contribution in [-0.4, -0.2) is 25.5 Å². The van der Waals surface area contributed by atoms with Crippen LogP contribution >= 0.6 is 0 Å². The lowest BCUT2D eigenvalue weighted by atomic mass is 9.70. The second-order valence-electron chi connectivity index (χ2n) is 4.62. The van der Waals surface area contributed by atoms with Gasteiger partial charge in [0.1, 0.15) is 0 Å². The minimum atomic E-state index is 0.131. The van der Waals surface area contributed by atoms with E-state index in [-0.39, 0.29) is 5.91 Å². The zero-order valence-corrected chi connectivity index (χ0v) is 9.36. The second-order valence-corrected chi connectivity index (χ2v) is 4.62. The van der Waals surface area contributed by atoms with Gasteiger partial charge in [0, 0.05) is 6.54 Å². The summed E-state index contributed by atoms with van der Waals surface area (Å²) < 4.78 is 0. The first-order chi connectivity index (χ1) is 6.66. The Hall–Kier alpha value is -0.570. The van der Waals surface area contributed by atoms with Crippen LogP contribution in [-0.2, 0) is 4.79 Å². The van der Waals surface area contributed by atoms with E-state index in [1.54, 1.807) is 0 Å². The Bertz CT molecular complexity index is 188. The molecular formula is C11H22N2O. The molecule has 0 heterocycles. The number of carbonyl (C=O) groups is 1. The van der Waals surface area contributed by atoms with Crippen molar-refractivity contribution in [2.75, 3.05) is 19.6 Å². The Morgan fingerprint density at radius 2 is 2.14 bits per heavy atom. The zero-order valence-electron chi connectivity index (χ0n) is 9.36. The van der Waals surface area contributed by atoms with Gasteiger partial charge in [-0.25, -0.2) is 0 Å². The number of rotatable bonds is 6. The van der Waals surface area contributed by atoms with Gasteiger partial charge in [-0.15, -0.1) is 0 Å². The van der Waals surface area contributed by atoms with E-state index in [0.717, 1.165) is 19.5 Å². The molecule has 0 unspecified atom stereocenters. The third-order valence-corrected chi connectivity index (χ3v) is 2.99. The first-order valence-corrected chi connectivity index (χ1v) is 5.64. The molecule has 1 amide bonds. The van der Waals surface area contributed by atoms with Crippen molar-refractivity contribution in [3.8, 4) is 0 Å².